The van der Waals surface area contributed by atoms with Crippen molar-refractivity contribution in [2.24, 2.45) is 0 Å². The van der Waals surface area contributed by atoms with E-state index in [-0.39, 0.29) is 11.2 Å². The number of fused-ring (bicyclic) bond motifs is 1. The highest BCUT2D eigenvalue weighted by molar-refractivity contribution is 5.95. The summed E-state index contributed by atoms with van der Waals surface area (Å²) in [7, 11) is 0. The number of hydrogen-bond donors (Lipinski definition) is 1. The summed E-state index contributed by atoms with van der Waals surface area (Å²) in [5, 5.41) is 0.470. The summed E-state index contributed by atoms with van der Waals surface area (Å²) in [6, 6.07) is 4.69. The quantitative estimate of drug-likeness (QED) is 0.749. The lowest BCUT2D eigenvalue weighted by Crippen LogP contribution is -2.08. The Labute approximate surface area is 89.9 Å². The summed E-state index contributed by atoms with van der Waals surface area (Å²) in [6.45, 7) is 1.71. The van der Waals surface area contributed by atoms with Gasteiger partial charge in [-0.25, -0.2) is 4.98 Å². The number of pyridine rings is 1. The molecule has 0 radical (unpaired) electrons. The fraction of sp³-hybridized carbons (Fsp3) is 0.182. The molecular formula is C11H9F3N2. The van der Waals surface area contributed by atoms with Crippen LogP contribution in [0.1, 0.15) is 11.1 Å². The Bertz CT molecular complexity index is 538. The van der Waals surface area contributed by atoms with E-state index in [1.165, 1.54) is 6.07 Å². The molecule has 5 heteroatoms. The van der Waals surface area contributed by atoms with Crippen LogP contribution in [-0.4, -0.2) is 4.98 Å². The van der Waals surface area contributed by atoms with Gasteiger partial charge in [0.25, 0.3) is 0 Å². The van der Waals surface area contributed by atoms with Gasteiger partial charge in [-0.2, -0.15) is 13.2 Å². The first kappa shape index (κ1) is 10.7. The van der Waals surface area contributed by atoms with Crippen molar-refractivity contribution in [2.45, 2.75) is 13.1 Å². The molecule has 2 N–H and O–H groups in total. The number of halogens is 3. The number of aromatic nitrogens is 1. The third-order valence-corrected chi connectivity index (χ3v) is 2.46. The Balaban J connectivity index is 2.90. The lowest BCUT2D eigenvalue weighted by molar-refractivity contribution is -0.136. The van der Waals surface area contributed by atoms with E-state index in [0.717, 1.165) is 6.20 Å². The van der Waals surface area contributed by atoms with E-state index in [2.05, 4.69) is 4.98 Å². The predicted molar refractivity (Wildman–Crippen MR) is 55.9 cm³/mol. The van der Waals surface area contributed by atoms with Crippen molar-refractivity contribution < 1.29 is 13.2 Å². The summed E-state index contributed by atoms with van der Waals surface area (Å²) < 4.78 is 38.1. The average Bonchev–Trinajstić information content (AvgIpc) is 2.16. The number of rotatable bonds is 0. The molecule has 1 aromatic heterocycles. The zero-order chi connectivity index (χ0) is 11.9. The van der Waals surface area contributed by atoms with Gasteiger partial charge in [-0.15, -0.1) is 0 Å². The van der Waals surface area contributed by atoms with Crippen LogP contribution >= 0.6 is 0 Å². The molecule has 0 fully saturated rings. The molecule has 2 nitrogen and oxygen atoms in total. The van der Waals surface area contributed by atoms with Crippen LogP contribution < -0.4 is 5.73 Å². The van der Waals surface area contributed by atoms with E-state index in [9.17, 15) is 13.2 Å². The topological polar surface area (TPSA) is 38.9 Å². The first-order valence-corrected chi connectivity index (χ1v) is 4.62. The third kappa shape index (κ3) is 1.58. The van der Waals surface area contributed by atoms with Crippen molar-refractivity contribution in [3.63, 3.8) is 0 Å². The maximum Gasteiger partial charge on any atom is 0.418 e. The summed E-state index contributed by atoms with van der Waals surface area (Å²) in [5.74, 6) is 0.126. The van der Waals surface area contributed by atoms with Crippen LogP contribution in [0.15, 0.2) is 24.4 Å². The summed E-state index contributed by atoms with van der Waals surface area (Å²) in [5.41, 5.74) is 5.53. The normalized spacial score (nSPS) is 12.0. The Morgan fingerprint density at radius 1 is 1.25 bits per heavy atom. The smallest absolute Gasteiger partial charge is 0.383 e. The molecule has 0 aliphatic rings. The molecule has 0 bridgehead atoms. The molecule has 0 aliphatic carbocycles. The molecule has 0 spiro atoms. The second-order valence-corrected chi connectivity index (χ2v) is 3.55. The second kappa shape index (κ2) is 3.37. The van der Waals surface area contributed by atoms with Gasteiger partial charge in [0.15, 0.2) is 0 Å². The molecule has 1 aromatic carbocycles. The van der Waals surface area contributed by atoms with Crippen molar-refractivity contribution in [3.05, 3.63) is 35.5 Å². The lowest BCUT2D eigenvalue weighted by atomic mass is 10.0. The maximum atomic E-state index is 12.7. The summed E-state index contributed by atoms with van der Waals surface area (Å²) >= 11 is 0. The molecule has 2 aromatic rings. The van der Waals surface area contributed by atoms with Crippen molar-refractivity contribution in [3.8, 4) is 0 Å². The molecule has 2 rings (SSSR count). The highest BCUT2D eigenvalue weighted by atomic mass is 19.4. The van der Waals surface area contributed by atoms with Gasteiger partial charge in [0.1, 0.15) is 5.82 Å². The Hall–Kier alpha value is -1.78. The Morgan fingerprint density at radius 2 is 1.94 bits per heavy atom. The second-order valence-electron chi connectivity index (χ2n) is 3.55. The van der Waals surface area contributed by atoms with Crippen LogP contribution in [0.25, 0.3) is 10.8 Å². The largest absolute Gasteiger partial charge is 0.418 e. The lowest BCUT2D eigenvalue weighted by Gasteiger charge is -2.12. The Kier molecular flexibility index (Phi) is 2.26. The zero-order valence-electron chi connectivity index (χ0n) is 8.47. The summed E-state index contributed by atoms with van der Waals surface area (Å²) in [4.78, 5) is 3.59. The number of alkyl halides is 3. The molecule has 0 aliphatic heterocycles. The van der Waals surface area contributed by atoms with Gasteiger partial charge >= 0.3 is 6.18 Å². The monoisotopic (exact) mass is 226 g/mol. The Morgan fingerprint density at radius 3 is 2.56 bits per heavy atom. The summed E-state index contributed by atoms with van der Waals surface area (Å²) in [6.07, 6.45) is -3.64. The third-order valence-electron chi connectivity index (χ3n) is 2.46. The maximum absolute atomic E-state index is 12.7. The molecule has 0 saturated heterocycles. The highest BCUT2D eigenvalue weighted by Gasteiger charge is 2.33. The van der Waals surface area contributed by atoms with E-state index in [0.29, 0.717) is 10.9 Å². The van der Waals surface area contributed by atoms with Crippen molar-refractivity contribution in [1.82, 2.24) is 4.98 Å². The SMILES string of the molecule is Cc1cccc2c(C(F)(F)F)cnc(N)c12. The van der Waals surface area contributed by atoms with Crippen LogP contribution in [0.5, 0.6) is 0 Å². The molecule has 0 atom stereocenters. The van der Waals surface area contributed by atoms with Crippen molar-refractivity contribution in [2.75, 3.05) is 5.73 Å². The number of anilines is 1. The fourth-order valence-corrected chi connectivity index (χ4v) is 1.73. The number of nitrogens with two attached hydrogens (primary N) is 1. The number of hydrogen-bond acceptors (Lipinski definition) is 2. The van der Waals surface area contributed by atoms with E-state index in [1.54, 1.807) is 19.1 Å². The number of aryl methyl sites for hydroxylation is 1. The van der Waals surface area contributed by atoms with Gasteiger partial charge in [0, 0.05) is 11.6 Å². The molecule has 0 saturated carbocycles. The molecule has 84 valence electrons. The first-order valence-electron chi connectivity index (χ1n) is 4.62. The molecule has 1 heterocycles. The van der Waals surface area contributed by atoms with Gasteiger partial charge in [-0.1, -0.05) is 18.2 Å². The minimum atomic E-state index is -4.41. The number of nitrogens with zero attached hydrogens (tertiary/aromatic N) is 1. The standard InChI is InChI=1S/C11H9F3N2/c1-6-3-2-4-7-8(11(12,13)14)5-16-10(15)9(6)7/h2-5H,1H3,(H2,15,16). The van der Waals surface area contributed by atoms with Crippen molar-refractivity contribution in [1.29, 1.82) is 0 Å². The van der Waals surface area contributed by atoms with E-state index in [1.807, 2.05) is 0 Å². The highest BCUT2D eigenvalue weighted by Crippen LogP contribution is 2.36. The molecular weight excluding hydrogens is 217 g/mol. The van der Waals surface area contributed by atoms with E-state index >= 15 is 0 Å². The van der Waals surface area contributed by atoms with E-state index < -0.39 is 11.7 Å². The first-order chi connectivity index (χ1) is 7.41. The van der Waals surface area contributed by atoms with Crippen LogP contribution in [0.2, 0.25) is 0 Å². The molecule has 16 heavy (non-hydrogen) atoms. The minimum Gasteiger partial charge on any atom is -0.383 e. The van der Waals surface area contributed by atoms with Gasteiger partial charge in [0.05, 0.1) is 5.56 Å². The molecule has 0 unspecified atom stereocenters. The minimum absolute atomic E-state index is 0.0972. The number of nitrogen functional groups attached to an aromatic ring is 1. The molecule has 0 amide bonds. The van der Waals surface area contributed by atoms with Gasteiger partial charge < -0.3 is 5.73 Å². The fourth-order valence-electron chi connectivity index (χ4n) is 1.73. The van der Waals surface area contributed by atoms with Crippen LogP contribution in [0.4, 0.5) is 19.0 Å². The van der Waals surface area contributed by atoms with Crippen LogP contribution in [0, 0.1) is 6.92 Å². The zero-order valence-corrected chi connectivity index (χ0v) is 8.47. The van der Waals surface area contributed by atoms with Gasteiger partial charge in [-0.3, -0.25) is 0 Å². The van der Waals surface area contributed by atoms with E-state index in [4.69, 9.17) is 5.73 Å². The van der Waals surface area contributed by atoms with Crippen LogP contribution in [-0.2, 0) is 6.18 Å². The predicted octanol–water partition coefficient (Wildman–Crippen LogP) is 3.14. The average molecular weight is 226 g/mol. The van der Waals surface area contributed by atoms with Gasteiger partial charge in [-0.05, 0) is 17.9 Å². The van der Waals surface area contributed by atoms with Crippen LogP contribution in [0.3, 0.4) is 0 Å². The number of benzene rings is 1. The van der Waals surface area contributed by atoms with Crippen molar-refractivity contribution >= 4 is 16.6 Å². The van der Waals surface area contributed by atoms with Gasteiger partial charge in [0.2, 0.25) is 0 Å².